The maximum absolute atomic E-state index is 13.4. The molecule has 0 aliphatic carbocycles. The van der Waals surface area contributed by atoms with Crippen molar-refractivity contribution in [2.45, 2.75) is 40.3 Å². The summed E-state index contributed by atoms with van der Waals surface area (Å²) in [6, 6.07) is 11.7. The van der Waals surface area contributed by atoms with Crippen LogP contribution in [0.1, 0.15) is 30.5 Å². The van der Waals surface area contributed by atoms with E-state index in [0.717, 1.165) is 21.7 Å². The van der Waals surface area contributed by atoms with Crippen LogP contribution in [0, 0.1) is 13.8 Å². The minimum atomic E-state index is -3.79. The lowest BCUT2D eigenvalue weighted by molar-refractivity contribution is -0.139. The Kier molecular flexibility index (Phi) is 8.69. The number of carbonyl (C=O) groups is 2. The first-order valence-electron chi connectivity index (χ1n) is 10.3. The summed E-state index contributed by atoms with van der Waals surface area (Å²) in [5.41, 5.74) is 2.75. The van der Waals surface area contributed by atoms with Gasteiger partial charge in [-0.2, -0.15) is 0 Å². The molecule has 0 bridgehead atoms. The molecule has 0 radical (unpaired) electrons. The first-order valence-corrected chi connectivity index (χ1v) is 12.5. The van der Waals surface area contributed by atoms with Crippen LogP contribution in [0.2, 0.25) is 5.02 Å². The summed E-state index contributed by atoms with van der Waals surface area (Å²) in [4.78, 5) is 27.4. The Morgan fingerprint density at radius 3 is 2.38 bits per heavy atom. The summed E-state index contributed by atoms with van der Waals surface area (Å²) < 4.78 is 26.2. The molecule has 1 atom stereocenters. The van der Waals surface area contributed by atoms with Gasteiger partial charge in [0.25, 0.3) is 0 Å². The Bertz CT molecular complexity index is 1090. The van der Waals surface area contributed by atoms with E-state index in [0.29, 0.717) is 22.8 Å². The zero-order chi connectivity index (χ0) is 24.1. The number of anilines is 1. The highest BCUT2D eigenvalue weighted by atomic mass is 35.5. The molecule has 0 aliphatic heterocycles. The molecule has 0 saturated heterocycles. The zero-order valence-electron chi connectivity index (χ0n) is 19.1. The van der Waals surface area contributed by atoms with Crippen LogP contribution in [0.4, 0.5) is 5.69 Å². The van der Waals surface area contributed by atoms with Gasteiger partial charge in [-0.15, -0.1) is 0 Å². The van der Waals surface area contributed by atoms with Gasteiger partial charge in [0.15, 0.2) is 0 Å². The van der Waals surface area contributed by atoms with E-state index in [1.165, 1.54) is 4.90 Å². The molecule has 2 aromatic carbocycles. The number of benzene rings is 2. The van der Waals surface area contributed by atoms with Crippen molar-refractivity contribution in [3.63, 3.8) is 0 Å². The van der Waals surface area contributed by atoms with Gasteiger partial charge in [0.05, 0.1) is 11.9 Å². The van der Waals surface area contributed by atoms with Gasteiger partial charge in [-0.05, 0) is 51.0 Å². The number of nitrogens with one attached hydrogen (secondary N) is 1. The van der Waals surface area contributed by atoms with Crippen molar-refractivity contribution in [2.24, 2.45) is 0 Å². The summed E-state index contributed by atoms with van der Waals surface area (Å²) >= 11 is 6.19. The smallest absolute Gasteiger partial charge is 0.244 e. The largest absolute Gasteiger partial charge is 0.355 e. The Balaban J connectivity index is 2.43. The van der Waals surface area contributed by atoms with Gasteiger partial charge in [-0.3, -0.25) is 13.9 Å². The second-order valence-electron chi connectivity index (χ2n) is 7.73. The lowest BCUT2D eigenvalue weighted by atomic mass is 10.1. The highest BCUT2D eigenvalue weighted by Crippen LogP contribution is 2.28. The number of carbonyl (C=O) groups excluding carboxylic acids is 2. The molecule has 32 heavy (non-hydrogen) atoms. The fourth-order valence-corrected chi connectivity index (χ4v) is 4.44. The summed E-state index contributed by atoms with van der Waals surface area (Å²) in [7, 11) is -3.79. The number of sulfonamides is 1. The monoisotopic (exact) mass is 479 g/mol. The molecule has 1 unspecified atom stereocenters. The number of likely N-dealkylation sites (N-methyl/N-ethyl adjacent to an activating group) is 1. The second-order valence-corrected chi connectivity index (χ2v) is 10.0. The van der Waals surface area contributed by atoms with Crippen molar-refractivity contribution in [1.29, 1.82) is 0 Å². The number of rotatable bonds is 9. The van der Waals surface area contributed by atoms with Crippen molar-refractivity contribution in [2.75, 3.05) is 23.7 Å². The van der Waals surface area contributed by atoms with Crippen molar-refractivity contribution in [3.05, 3.63) is 64.2 Å². The Morgan fingerprint density at radius 1 is 1.12 bits per heavy atom. The molecule has 0 fully saturated rings. The molecule has 9 heteroatoms. The lowest BCUT2D eigenvalue weighted by Crippen LogP contribution is -2.51. The predicted octanol–water partition coefficient (Wildman–Crippen LogP) is 3.28. The van der Waals surface area contributed by atoms with Gasteiger partial charge in [0.1, 0.15) is 12.6 Å². The number of halogens is 1. The molecule has 2 amide bonds. The molecule has 2 rings (SSSR count). The number of nitrogens with zero attached hydrogens (tertiary/aromatic N) is 2. The summed E-state index contributed by atoms with van der Waals surface area (Å²) in [6.07, 6.45) is 1.04. The van der Waals surface area contributed by atoms with Gasteiger partial charge in [0, 0.05) is 18.1 Å². The molecule has 0 aliphatic rings. The first-order chi connectivity index (χ1) is 15.0. The average molecular weight is 480 g/mol. The first kappa shape index (κ1) is 25.7. The number of hydrogen-bond donors (Lipinski definition) is 1. The Labute approximate surface area is 195 Å². The van der Waals surface area contributed by atoms with E-state index in [-0.39, 0.29) is 12.5 Å². The van der Waals surface area contributed by atoms with Crippen LogP contribution in [-0.4, -0.2) is 50.5 Å². The second kappa shape index (κ2) is 10.8. The SMILES string of the molecule is CCNC(=O)C(C)N(Cc1cccc(C)c1)C(=O)CN(c1cccc(Cl)c1C)S(C)(=O)=O. The predicted molar refractivity (Wildman–Crippen MR) is 128 cm³/mol. The number of amides is 2. The van der Waals surface area contributed by atoms with Crippen LogP contribution in [0.5, 0.6) is 0 Å². The minimum Gasteiger partial charge on any atom is -0.355 e. The number of aryl methyl sites for hydroxylation is 1. The van der Waals surface area contributed by atoms with E-state index in [4.69, 9.17) is 11.6 Å². The summed E-state index contributed by atoms with van der Waals surface area (Å²) in [6.45, 7) is 7.21. The molecule has 0 saturated carbocycles. The third-order valence-corrected chi connectivity index (χ3v) is 6.68. The molecular formula is C23H30ClN3O4S. The highest BCUT2D eigenvalue weighted by Gasteiger charge is 2.30. The third-order valence-electron chi connectivity index (χ3n) is 5.14. The Hall–Kier alpha value is -2.58. The van der Waals surface area contributed by atoms with E-state index in [2.05, 4.69) is 5.32 Å². The summed E-state index contributed by atoms with van der Waals surface area (Å²) in [5.74, 6) is -0.798. The van der Waals surface area contributed by atoms with Crippen molar-refractivity contribution < 1.29 is 18.0 Å². The van der Waals surface area contributed by atoms with Crippen LogP contribution in [0.15, 0.2) is 42.5 Å². The van der Waals surface area contributed by atoms with Crippen molar-refractivity contribution in [1.82, 2.24) is 10.2 Å². The lowest BCUT2D eigenvalue weighted by Gasteiger charge is -2.32. The number of hydrogen-bond acceptors (Lipinski definition) is 4. The quantitative estimate of drug-likeness (QED) is 0.598. The fourth-order valence-electron chi connectivity index (χ4n) is 3.37. The molecule has 2 aromatic rings. The van der Waals surface area contributed by atoms with Gasteiger partial charge < -0.3 is 10.2 Å². The molecule has 174 valence electrons. The summed E-state index contributed by atoms with van der Waals surface area (Å²) in [5, 5.41) is 3.13. The normalized spacial score (nSPS) is 12.2. The zero-order valence-corrected chi connectivity index (χ0v) is 20.6. The van der Waals surface area contributed by atoms with Gasteiger partial charge >= 0.3 is 0 Å². The van der Waals surface area contributed by atoms with Crippen LogP contribution in [-0.2, 0) is 26.2 Å². The van der Waals surface area contributed by atoms with E-state index in [9.17, 15) is 18.0 Å². The molecule has 7 nitrogen and oxygen atoms in total. The van der Waals surface area contributed by atoms with E-state index < -0.39 is 28.5 Å². The molecule has 0 spiro atoms. The van der Waals surface area contributed by atoms with Gasteiger partial charge in [0.2, 0.25) is 21.8 Å². The molecule has 0 aromatic heterocycles. The molecular weight excluding hydrogens is 450 g/mol. The van der Waals surface area contributed by atoms with Crippen LogP contribution < -0.4 is 9.62 Å². The maximum Gasteiger partial charge on any atom is 0.244 e. The molecule has 1 N–H and O–H groups in total. The maximum atomic E-state index is 13.4. The van der Waals surface area contributed by atoms with E-state index in [1.54, 1.807) is 39.0 Å². The standard InChI is InChI=1S/C23H30ClN3O4S/c1-6-25-23(29)18(4)26(14-19-10-7-9-16(2)13-19)22(28)15-27(32(5,30)31)21-12-8-11-20(24)17(21)3/h7-13,18H,6,14-15H2,1-5H3,(H,25,29). The molecule has 0 heterocycles. The van der Waals surface area contributed by atoms with Crippen LogP contribution >= 0.6 is 11.6 Å². The van der Waals surface area contributed by atoms with E-state index in [1.807, 2.05) is 31.2 Å². The fraction of sp³-hybridized carbons (Fsp3) is 0.391. The topological polar surface area (TPSA) is 86.8 Å². The van der Waals surface area contributed by atoms with Crippen molar-refractivity contribution >= 4 is 39.1 Å². The van der Waals surface area contributed by atoms with E-state index >= 15 is 0 Å². The van der Waals surface area contributed by atoms with Crippen molar-refractivity contribution in [3.8, 4) is 0 Å². The van der Waals surface area contributed by atoms with Gasteiger partial charge in [-0.25, -0.2) is 8.42 Å². The van der Waals surface area contributed by atoms with Gasteiger partial charge in [-0.1, -0.05) is 47.5 Å². The van der Waals surface area contributed by atoms with Crippen LogP contribution in [0.25, 0.3) is 0 Å². The minimum absolute atomic E-state index is 0.172. The Morgan fingerprint density at radius 2 is 1.78 bits per heavy atom. The average Bonchev–Trinajstić information content (AvgIpc) is 2.71. The van der Waals surface area contributed by atoms with Crippen LogP contribution in [0.3, 0.4) is 0 Å². The highest BCUT2D eigenvalue weighted by molar-refractivity contribution is 7.92. The third kappa shape index (κ3) is 6.46.